The molecular weight excluding hydrogens is 236 g/mol. The fourth-order valence-corrected chi connectivity index (χ4v) is 4.28. The van der Waals surface area contributed by atoms with Crippen molar-refractivity contribution in [2.24, 2.45) is 17.8 Å². The summed E-state index contributed by atoms with van der Waals surface area (Å²) in [5.74, 6) is 3.34. The fourth-order valence-electron chi connectivity index (χ4n) is 4.28. The van der Waals surface area contributed by atoms with Crippen molar-refractivity contribution in [1.29, 1.82) is 0 Å². The maximum Gasteiger partial charge on any atom is 0.144 e. The van der Waals surface area contributed by atoms with Crippen LogP contribution in [-0.4, -0.2) is 12.4 Å². The molecule has 0 spiro atoms. The summed E-state index contributed by atoms with van der Waals surface area (Å²) in [6, 6.07) is 8.08. The van der Waals surface area contributed by atoms with Crippen LogP contribution in [0.2, 0.25) is 0 Å². The third-order valence-corrected chi connectivity index (χ3v) is 5.29. The number of Topliss-reactive ketones (excluding diaryl/α,β-unsaturated/α-hetero) is 1. The van der Waals surface area contributed by atoms with Crippen LogP contribution in [0, 0.1) is 17.8 Å². The van der Waals surface area contributed by atoms with E-state index in [2.05, 4.69) is 6.07 Å². The van der Waals surface area contributed by atoms with Gasteiger partial charge in [-0.15, -0.1) is 0 Å². The molecule has 0 bridgehead atoms. The van der Waals surface area contributed by atoms with E-state index in [1.807, 2.05) is 18.2 Å². The largest absolute Gasteiger partial charge is 0.493 e. The van der Waals surface area contributed by atoms with E-state index in [1.54, 1.807) is 0 Å². The lowest BCUT2D eigenvalue weighted by Gasteiger charge is -2.25. The first-order valence-corrected chi connectivity index (χ1v) is 7.62. The van der Waals surface area contributed by atoms with Gasteiger partial charge in [-0.1, -0.05) is 31.0 Å². The van der Waals surface area contributed by atoms with Crippen LogP contribution in [0.3, 0.4) is 0 Å². The zero-order valence-electron chi connectivity index (χ0n) is 11.2. The maximum absolute atomic E-state index is 12.8. The molecule has 0 aromatic heterocycles. The summed E-state index contributed by atoms with van der Waals surface area (Å²) in [6.45, 7) is 0.690. The summed E-state index contributed by atoms with van der Waals surface area (Å²) in [5, 5.41) is 0. The highest BCUT2D eigenvalue weighted by Crippen LogP contribution is 2.57. The van der Waals surface area contributed by atoms with Crippen LogP contribution < -0.4 is 4.74 Å². The van der Waals surface area contributed by atoms with Crippen LogP contribution in [0.4, 0.5) is 0 Å². The number of ketones is 1. The van der Waals surface area contributed by atoms with Crippen LogP contribution in [0.25, 0.3) is 0 Å². The van der Waals surface area contributed by atoms with Crippen LogP contribution in [0.15, 0.2) is 24.3 Å². The molecule has 0 N–H and O–H groups in total. The molecule has 3 unspecified atom stereocenters. The summed E-state index contributed by atoms with van der Waals surface area (Å²) < 4.78 is 5.67. The predicted molar refractivity (Wildman–Crippen MR) is 73.2 cm³/mol. The molecule has 2 nitrogen and oxygen atoms in total. The number of benzene rings is 1. The Balaban J connectivity index is 1.59. The Morgan fingerprint density at radius 1 is 1.05 bits per heavy atom. The zero-order valence-corrected chi connectivity index (χ0v) is 11.2. The summed E-state index contributed by atoms with van der Waals surface area (Å²) in [4.78, 5) is 12.8. The minimum Gasteiger partial charge on any atom is -0.493 e. The van der Waals surface area contributed by atoms with E-state index >= 15 is 0 Å². The van der Waals surface area contributed by atoms with Gasteiger partial charge >= 0.3 is 0 Å². The maximum atomic E-state index is 12.8. The smallest absolute Gasteiger partial charge is 0.144 e. The van der Waals surface area contributed by atoms with Crippen molar-refractivity contribution in [3.8, 4) is 5.75 Å². The first-order chi connectivity index (χ1) is 9.36. The van der Waals surface area contributed by atoms with Crippen LogP contribution in [0.1, 0.15) is 43.6 Å². The quantitative estimate of drug-likeness (QED) is 0.808. The molecule has 2 aliphatic carbocycles. The van der Waals surface area contributed by atoms with Crippen LogP contribution in [-0.2, 0) is 4.79 Å². The second kappa shape index (κ2) is 4.36. The summed E-state index contributed by atoms with van der Waals surface area (Å²) in [6.07, 6.45) is 6.09. The average Bonchev–Trinajstić information content (AvgIpc) is 3.20. The van der Waals surface area contributed by atoms with Crippen molar-refractivity contribution in [2.75, 3.05) is 6.61 Å². The van der Waals surface area contributed by atoms with Gasteiger partial charge in [-0.3, -0.25) is 4.79 Å². The molecule has 4 rings (SSSR count). The first-order valence-electron chi connectivity index (χ1n) is 7.62. The highest BCUT2D eigenvalue weighted by Gasteiger charge is 2.56. The van der Waals surface area contributed by atoms with Crippen molar-refractivity contribution in [1.82, 2.24) is 0 Å². The number of para-hydroxylation sites is 1. The van der Waals surface area contributed by atoms with Gasteiger partial charge < -0.3 is 4.74 Å². The monoisotopic (exact) mass is 256 g/mol. The average molecular weight is 256 g/mol. The Morgan fingerprint density at radius 3 is 2.58 bits per heavy atom. The number of hydrogen-bond acceptors (Lipinski definition) is 2. The topological polar surface area (TPSA) is 26.3 Å². The second-order valence-corrected chi connectivity index (χ2v) is 6.27. The SMILES string of the molecule is O=C(C1CCOc2ccccc21)C1C2CCCCC21. The Labute approximate surface area is 114 Å². The van der Waals surface area contributed by atoms with Gasteiger partial charge in [-0.05, 0) is 37.2 Å². The number of carbonyl (C=O) groups is 1. The van der Waals surface area contributed by atoms with Gasteiger partial charge in [0.25, 0.3) is 0 Å². The highest BCUT2D eigenvalue weighted by atomic mass is 16.5. The van der Waals surface area contributed by atoms with Gasteiger partial charge in [0.05, 0.1) is 6.61 Å². The summed E-state index contributed by atoms with van der Waals surface area (Å²) in [7, 11) is 0. The molecule has 2 heteroatoms. The molecule has 0 saturated heterocycles. The molecule has 0 radical (unpaired) electrons. The molecule has 0 amide bonds. The van der Waals surface area contributed by atoms with Crippen molar-refractivity contribution in [2.45, 2.75) is 38.0 Å². The van der Waals surface area contributed by atoms with E-state index in [1.165, 1.54) is 25.7 Å². The zero-order chi connectivity index (χ0) is 12.8. The number of carbonyl (C=O) groups excluding carboxylic acids is 1. The Morgan fingerprint density at radius 2 is 1.79 bits per heavy atom. The Bertz CT molecular complexity index is 496. The van der Waals surface area contributed by atoms with E-state index in [-0.39, 0.29) is 5.92 Å². The van der Waals surface area contributed by atoms with Crippen molar-refractivity contribution in [3.63, 3.8) is 0 Å². The van der Waals surface area contributed by atoms with Crippen LogP contribution in [0.5, 0.6) is 5.75 Å². The standard InChI is InChI=1S/C17H20O2/c18-17(16-12-6-1-2-7-13(12)16)14-9-10-19-15-8-4-3-5-11(14)15/h3-5,8,12-14,16H,1-2,6-7,9-10H2. The van der Waals surface area contributed by atoms with Crippen molar-refractivity contribution in [3.05, 3.63) is 29.8 Å². The normalized spacial score (nSPS) is 35.8. The molecule has 1 aromatic rings. The molecule has 1 aromatic carbocycles. The molecule has 1 aliphatic heterocycles. The molecule has 100 valence electrons. The van der Waals surface area contributed by atoms with Gasteiger partial charge in [-0.25, -0.2) is 0 Å². The minimum absolute atomic E-state index is 0.0977. The summed E-state index contributed by atoms with van der Waals surface area (Å²) >= 11 is 0. The summed E-state index contributed by atoms with van der Waals surface area (Å²) in [5.41, 5.74) is 1.13. The van der Waals surface area contributed by atoms with E-state index in [0.717, 1.165) is 29.6 Å². The van der Waals surface area contributed by atoms with E-state index in [4.69, 9.17) is 4.74 Å². The Kier molecular flexibility index (Phi) is 2.64. The fraction of sp³-hybridized carbons (Fsp3) is 0.588. The van der Waals surface area contributed by atoms with Crippen molar-refractivity contribution >= 4 is 5.78 Å². The molecule has 2 fully saturated rings. The highest BCUT2D eigenvalue weighted by molar-refractivity contribution is 5.91. The Hall–Kier alpha value is -1.31. The van der Waals surface area contributed by atoms with Gasteiger partial charge in [0, 0.05) is 17.4 Å². The number of ether oxygens (including phenoxy) is 1. The third kappa shape index (κ3) is 1.80. The first kappa shape index (κ1) is 11.5. The van der Waals surface area contributed by atoms with Gasteiger partial charge in [-0.2, -0.15) is 0 Å². The van der Waals surface area contributed by atoms with E-state index < -0.39 is 0 Å². The van der Waals surface area contributed by atoms with Gasteiger partial charge in [0.1, 0.15) is 11.5 Å². The predicted octanol–water partition coefficient (Wildman–Crippen LogP) is 3.56. The van der Waals surface area contributed by atoms with E-state index in [0.29, 0.717) is 18.3 Å². The third-order valence-electron chi connectivity index (χ3n) is 5.29. The molecule has 3 atom stereocenters. The lowest BCUT2D eigenvalue weighted by atomic mass is 9.86. The van der Waals surface area contributed by atoms with E-state index in [9.17, 15) is 4.79 Å². The lowest BCUT2D eigenvalue weighted by Crippen LogP contribution is -2.23. The second-order valence-electron chi connectivity index (χ2n) is 6.27. The lowest BCUT2D eigenvalue weighted by molar-refractivity contribution is -0.122. The van der Waals surface area contributed by atoms with Gasteiger partial charge in [0.2, 0.25) is 0 Å². The molecule has 1 heterocycles. The minimum atomic E-state index is 0.0977. The number of rotatable bonds is 2. The van der Waals surface area contributed by atoms with Gasteiger partial charge in [0.15, 0.2) is 0 Å². The number of hydrogen-bond donors (Lipinski definition) is 0. The van der Waals surface area contributed by atoms with Crippen molar-refractivity contribution < 1.29 is 9.53 Å². The van der Waals surface area contributed by atoms with Crippen LogP contribution >= 0.6 is 0 Å². The molecule has 2 saturated carbocycles. The molecular formula is C17H20O2. The molecule has 19 heavy (non-hydrogen) atoms. The number of fused-ring (bicyclic) bond motifs is 2. The molecule has 3 aliphatic rings.